The second kappa shape index (κ2) is 6.56. The van der Waals surface area contributed by atoms with Crippen LogP contribution in [-0.2, 0) is 4.74 Å². The van der Waals surface area contributed by atoms with Crippen molar-refractivity contribution in [2.45, 2.75) is 25.8 Å². The second-order valence-electron chi connectivity index (χ2n) is 4.66. The Bertz CT molecular complexity index is 386. The molecule has 0 bridgehead atoms. The number of hydrogen-bond donors (Lipinski definition) is 1. The monoisotopic (exact) mass is 267 g/mol. The molecular formula is C13H21N3O3. The summed E-state index contributed by atoms with van der Waals surface area (Å²) < 4.78 is 15.6. The molecule has 0 saturated carbocycles. The van der Waals surface area contributed by atoms with Crippen LogP contribution < -0.4 is 14.8 Å². The zero-order valence-electron chi connectivity index (χ0n) is 11.7. The van der Waals surface area contributed by atoms with Gasteiger partial charge in [-0.2, -0.15) is 9.97 Å². The zero-order valence-corrected chi connectivity index (χ0v) is 11.7. The minimum Gasteiger partial charge on any atom is -0.481 e. The smallest absolute Gasteiger partial charge is 0.229 e. The third-order valence-electron chi connectivity index (χ3n) is 3.43. The molecular weight excluding hydrogens is 246 g/mol. The van der Waals surface area contributed by atoms with Crippen molar-refractivity contribution in [2.75, 3.05) is 32.8 Å². The van der Waals surface area contributed by atoms with Crippen LogP contribution in [0.2, 0.25) is 0 Å². The SMILES string of the molecule is COc1cc(OC)nc(NC(C)C2CCOCC2)n1. The van der Waals surface area contributed by atoms with Gasteiger partial charge in [0.05, 0.1) is 20.3 Å². The highest BCUT2D eigenvalue weighted by molar-refractivity contribution is 5.34. The zero-order chi connectivity index (χ0) is 13.7. The van der Waals surface area contributed by atoms with Gasteiger partial charge in [0, 0.05) is 19.3 Å². The van der Waals surface area contributed by atoms with E-state index in [9.17, 15) is 0 Å². The van der Waals surface area contributed by atoms with E-state index in [4.69, 9.17) is 14.2 Å². The van der Waals surface area contributed by atoms with Gasteiger partial charge >= 0.3 is 0 Å². The van der Waals surface area contributed by atoms with Crippen LogP contribution in [0, 0.1) is 5.92 Å². The number of aromatic nitrogens is 2. The quantitative estimate of drug-likeness (QED) is 0.876. The summed E-state index contributed by atoms with van der Waals surface area (Å²) in [5.74, 6) is 2.10. The Kier molecular flexibility index (Phi) is 4.79. The molecule has 1 aromatic heterocycles. The predicted octanol–water partition coefficient (Wildman–Crippen LogP) is 1.72. The molecule has 106 valence electrons. The summed E-state index contributed by atoms with van der Waals surface area (Å²) in [6.45, 7) is 3.81. The van der Waals surface area contributed by atoms with Crippen LogP contribution in [0.1, 0.15) is 19.8 Å². The topological polar surface area (TPSA) is 65.5 Å². The largest absolute Gasteiger partial charge is 0.481 e. The number of ether oxygens (including phenoxy) is 3. The molecule has 19 heavy (non-hydrogen) atoms. The van der Waals surface area contributed by atoms with Gasteiger partial charge in [0.2, 0.25) is 17.7 Å². The molecule has 1 N–H and O–H groups in total. The summed E-state index contributed by atoms with van der Waals surface area (Å²) in [7, 11) is 3.15. The number of nitrogens with zero attached hydrogens (tertiary/aromatic N) is 2. The lowest BCUT2D eigenvalue weighted by molar-refractivity contribution is 0.0621. The van der Waals surface area contributed by atoms with Crippen LogP contribution in [0.3, 0.4) is 0 Å². The lowest BCUT2D eigenvalue weighted by Crippen LogP contribution is -2.31. The third kappa shape index (κ3) is 3.70. The van der Waals surface area contributed by atoms with Crippen molar-refractivity contribution in [3.8, 4) is 11.8 Å². The lowest BCUT2D eigenvalue weighted by Gasteiger charge is -2.28. The fraction of sp³-hybridized carbons (Fsp3) is 0.692. The minimum atomic E-state index is 0.292. The van der Waals surface area contributed by atoms with Crippen molar-refractivity contribution in [2.24, 2.45) is 5.92 Å². The molecule has 2 rings (SSSR count). The fourth-order valence-corrected chi connectivity index (χ4v) is 2.21. The Morgan fingerprint density at radius 1 is 1.21 bits per heavy atom. The molecule has 2 heterocycles. The number of anilines is 1. The molecule has 0 aromatic carbocycles. The maximum Gasteiger partial charge on any atom is 0.229 e. The van der Waals surface area contributed by atoms with Crippen molar-refractivity contribution in [3.63, 3.8) is 0 Å². The highest BCUT2D eigenvalue weighted by atomic mass is 16.5. The van der Waals surface area contributed by atoms with E-state index >= 15 is 0 Å². The Morgan fingerprint density at radius 3 is 2.32 bits per heavy atom. The Morgan fingerprint density at radius 2 is 1.79 bits per heavy atom. The molecule has 1 atom stereocenters. The molecule has 1 unspecified atom stereocenters. The Labute approximate surface area is 113 Å². The van der Waals surface area contributed by atoms with Crippen LogP contribution in [0.15, 0.2) is 6.07 Å². The summed E-state index contributed by atoms with van der Waals surface area (Å²) in [5, 5.41) is 3.32. The maximum absolute atomic E-state index is 5.37. The van der Waals surface area contributed by atoms with Crippen LogP contribution in [0.5, 0.6) is 11.8 Å². The van der Waals surface area contributed by atoms with E-state index in [1.54, 1.807) is 20.3 Å². The highest BCUT2D eigenvalue weighted by Crippen LogP contribution is 2.23. The first-order valence-electron chi connectivity index (χ1n) is 6.54. The first-order valence-corrected chi connectivity index (χ1v) is 6.54. The maximum atomic E-state index is 5.37. The van der Waals surface area contributed by atoms with E-state index in [0.29, 0.717) is 29.7 Å². The van der Waals surface area contributed by atoms with Gasteiger partial charge in [-0.05, 0) is 25.7 Å². The van der Waals surface area contributed by atoms with E-state index < -0.39 is 0 Å². The number of nitrogens with one attached hydrogen (secondary N) is 1. The first-order chi connectivity index (χ1) is 9.22. The van der Waals surface area contributed by atoms with Gasteiger partial charge in [-0.1, -0.05) is 0 Å². The average molecular weight is 267 g/mol. The Balaban J connectivity index is 2.04. The molecule has 6 nitrogen and oxygen atoms in total. The van der Waals surface area contributed by atoms with Gasteiger partial charge in [0.1, 0.15) is 0 Å². The molecule has 6 heteroatoms. The third-order valence-corrected chi connectivity index (χ3v) is 3.43. The minimum absolute atomic E-state index is 0.292. The van der Waals surface area contributed by atoms with Crippen molar-refractivity contribution in [1.82, 2.24) is 9.97 Å². The average Bonchev–Trinajstić information content (AvgIpc) is 2.47. The van der Waals surface area contributed by atoms with E-state index in [2.05, 4.69) is 22.2 Å². The predicted molar refractivity (Wildman–Crippen MR) is 71.8 cm³/mol. The molecule has 1 fully saturated rings. The van der Waals surface area contributed by atoms with Crippen LogP contribution in [-0.4, -0.2) is 43.4 Å². The van der Waals surface area contributed by atoms with Crippen LogP contribution >= 0.6 is 0 Å². The normalized spacial score (nSPS) is 17.8. The standard InChI is InChI=1S/C13H21N3O3/c1-9(10-4-6-19-7-5-10)14-13-15-11(17-2)8-12(16-13)18-3/h8-10H,4-7H2,1-3H3,(H,14,15,16). The molecule has 0 radical (unpaired) electrons. The number of methoxy groups -OCH3 is 2. The molecule has 0 spiro atoms. The summed E-state index contributed by atoms with van der Waals surface area (Å²) in [6, 6.07) is 1.95. The van der Waals surface area contributed by atoms with E-state index in [1.165, 1.54) is 0 Å². The Hall–Kier alpha value is -1.56. The van der Waals surface area contributed by atoms with E-state index in [-0.39, 0.29) is 0 Å². The van der Waals surface area contributed by atoms with Gasteiger partial charge in [0.15, 0.2) is 0 Å². The van der Waals surface area contributed by atoms with Crippen LogP contribution in [0.4, 0.5) is 5.95 Å². The molecule has 1 aliphatic rings. The molecule has 0 amide bonds. The molecule has 0 aliphatic carbocycles. The van der Waals surface area contributed by atoms with E-state index in [1.807, 2.05) is 0 Å². The van der Waals surface area contributed by atoms with Crippen molar-refractivity contribution in [1.29, 1.82) is 0 Å². The van der Waals surface area contributed by atoms with Crippen LogP contribution in [0.25, 0.3) is 0 Å². The second-order valence-corrected chi connectivity index (χ2v) is 4.66. The van der Waals surface area contributed by atoms with Crippen molar-refractivity contribution < 1.29 is 14.2 Å². The molecule has 1 saturated heterocycles. The number of rotatable bonds is 5. The van der Waals surface area contributed by atoms with E-state index in [0.717, 1.165) is 26.1 Å². The van der Waals surface area contributed by atoms with Gasteiger partial charge in [-0.15, -0.1) is 0 Å². The summed E-state index contributed by atoms with van der Waals surface area (Å²) in [4.78, 5) is 8.56. The van der Waals surface area contributed by atoms with Gasteiger partial charge in [-0.25, -0.2) is 0 Å². The van der Waals surface area contributed by atoms with Crippen molar-refractivity contribution >= 4 is 5.95 Å². The fourth-order valence-electron chi connectivity index (χ4n) is 2.21. The summed E-state index contributed by atoms with van der Waals surface area (Å²) in [6.07, 6.45) is 2.13. The van der Waals surface area contributed by atoms with Gasteiger partial charge in [-0.3, -0.25) is 0 Å². The molecule has 1 aliphatic heterocycles. The highest BCUT2D eigenvalue weighted by Gasteiger charge is 2.21. The first kappa shape index (κ1) is 13.9. The summed E-state index contributed by atoms with van der Waals surface area (Å²) >= 11 is 0. The lowest BCUT2D eigenvalue weighted by atomic mass is 9.93. The molecule has 1 aromatic rings. The van der Waals surface area contributed by atoms with Gasteiger partial charge in [0.25, 0.3) is 0 Å². The summed E-state index contributed by atoms with van der Waals surface area (Å²) in [5.41, 5.74) is 0. The van der Waals surface area contributed by atoms with Gasteiger partial charge < -0.3 is 19.5 Å². The number of hydrogen-bond acceptors (Lipinski definition) is 6. The van der Waals surface area contributed by atoms with Crippen molar-refractivity contribution in [3.05, 3.63) is 6.07 Å².